The molecule has 0 aliphatic carbocycles. The van der Waals surface area contributed by atoms with Gasteiger partial charge in [-0.25, -0.2) is 0 Å². The lowest BCUT2D eigenvalue weighted by Gasteiger charge is -2.26. The predicted octanol–water partition coefficient (Wildman–Crippen LogP) is 5.12. The van der Waals surface area contributed by atoms with Crippen LogP contribution in [0.25, 0.3) is 5.76 Å². The van der Waals surface area contributed by atoms with Crippen LogP contribution in [0.2, 0.25) is 0 Å². The second-order valence-corrected chi connectivity index (χ2v) is 7.81. The van der Waals surface area contributed by atoms with E-state index in [9.17, 15) is 14.7 Å². The molecule has 1 N–H and O–H groups in total. The number of amides is 1. The number of carbonyl (C=O) groups excluding carboxylic acids is 2. The Kier molecular flexibility index (Phi) is 7.06. The molecular weight excluding hydrogens is 446 g/mol. The largest absolute Gasteiger partial charge is 0.507 e. The van der Waals surface area contributed by atoms with Crippen LogP contribution in [0, 0.1) is 0 Å². The molecule has 1 fully saturated rings. The number of Topliss-reactive ketones (excluding diaryl/α,β-unsaturated/α-hetero) is 1. The lowest BCUT2D eigenvalue weighted by atomic mass is 9.94. The molecule has 1 heterocycles. The first-order valence-electron chi connectivity index (χ1n) is 11.4. The Balaban J connectivity index is 1.95. The summed E-state index contributed by atoms with van der Waals surface area (Å²) in [4.78, 5) is 28.1. The van der Waals surface area contributed by atoms with Gasteiger partial charge in [0, 0.05) is 11.8 Å². The van der Waals surface area contributed by atoms with Crippen LogP contribution in [0.15, 0.2) is 78.4 Å². The molecule has 7 nitrogen and oxygen atoms in total. The molecule has 0 bridgehead atoms. The molecular formula is C28H27NO6. The number of benzene rings is 3. The maximum atomic E-state index is 13.4. The molecule has 0 aromatic heterocycles. The number of hydrogen-bond donors (Lipinski definition) is 1. The third-order valence-electron chi connectivity index (χ3n) is 5.71. The molecule has 1 saturated heterocycles. The molecule has 3 aromatic rings. The minimum atomic E-state index is -0.867. The van der Waals surface area contributed by atoms with E-state index < -0.39 is 17.7 Å². The molecule has 1 amide bonds. The first-order valence-corrected chi connectivity index (χ1v) is 11.4. The summed E-state index contributed by atoms with van der Waals surface area (Å²) in [5.74, 6) is -0.337. The van der Waals surface area contributed by atoms with Crippen LogP contribution >= 0.6 is 0 Å². The van der Waals surface area contributed by atoms with Crippen molar-refractivity contribution in [1.82, 2.24) is 0 Å². The van der Waals surface area contributed by atoms with E-state index in [4.69, 9.17) is 14.2 Å². The first kappa shape index (κ1) is 23.9. The number of aliphatic hydroxyl groups is 1. The van der Waals surface area contributed by atoms with Crippen molar-refractivity contribution in [2.75, 3.05) is 25.2 Å². The van der Waals surface area contributed by atoms with Gasteiger partial charge in [-0.1, -0.05) is 30.3 Å². The minimum Gasteiger partial charge on any atom is -0.507 e. The van der Waals surface area contributed by atoms with E-state index in [0.717, 1.165) is 0 Å². The Labute approximate surface area is 204 Å². The smallest absolute Gasteiger partial charge is 0.300 e. The summed E-state index contributed by atoms with van der Waals surface area (Å²) in [5.41, 5.74) is 1.43. The normalized spacial score (nSPS) is 16.9. The van der Waals surface area contributed by atoms with E-state index in [0.29, 0.717) is 47.3 Å². The summed E-state index contributed by atoms with van der Waals surface area (Å²) in [6.07, 6.45) is 0. The standard InChI is InChI=1S/C28H27NO6/c1-4-34-21-14-15-22(23(17-21)35-5-2)26(30)24-25(18-10-9-13-20(16-18)33-3)29(28(32)27(24)31)19-11-7-6-8-12-19/h6-17,25,30H,4-5H2,1-3H3/b26-24-. The Morgan fingerprint density at radius 3 is 2.31 bits per heavy atom. The van der Waals surface area contributed by atoms with E-state index in [2.05, 4.69) is 0 Å². The maximum Gasteiger partial charge on any atom is 0.300 e. The summed E-state index contributed by atoms with van der Waals surface area (Å²) in [6, 6.07) is 20.1. The number of carbonyl (C=O) groups is 2. The number of para-hydroxylation sites is 1. The lowest BCUT2D eigenvalue weighted by Crippen LogP contribution is -2.29. The maximum absolute atomic E-state index is 13.4. The highest BCUT2D eigenvalue weighted by Crippen LogP contribution is 2.44. The number of rotatable bonds is 8. The molecule has 3 aromatic carbocycles. The molecule has 7 heteroatoms. The van der Waals surface area contributed by atoms with Gasteiger partial charge in [0.25, 0.3) is 11.7 Å². The average molecular weight is 474 g/mol. The summed E-state index contributed by atoms with van der Waals surface area (Å²) in [6.45, 7) is 4.50. The highest BCUT2D eigenvalue weighted by molar-refractivity contribution is 6.51. The van der Waals surface area contributed by atoms with Crippen LogP contribution < -0.4 is 19.1 Å². The van der Waals surface area contributed by atoms with Crippen molar-refractivity contribution in [2.45, 2.75) is 19.9 Å². The van der Waals surface area contributed by atoms with Gasteiger partial charge in [0.2, 0.25) is 0 Å². The van der Waals surface area contributed by atoms with Gasteiger partial charge in [-0.05, 0) is 55.8 Å². The summed E-state index contributed by atoms with van der Waals surface area (Å²) >= 11 is 0. The van der Waals surface area contributed by atoms with Gasteiger partial charge in [-0.2, -0.15) is 0 Å². The quantitative estimate of drug-likeness (QED) is 0.278. The SMILES string of the molecule is CCOc1ccc(/C(O)=C2/C(=O)C(=O)N(c3ccccc3)C2c2cccc(OC)c2)c(OCC)c1. The first-order chi connectivity index (χ1) is 17.0. The van der Waals surface area contributed by atoms with Gasteiger partial charge >= 0.3 is 0 Å². The number of nitrogens with zero attached hydrogens (tertiary/aromatic N) is 1. The van der Waals surface area contributed by atoms with Crippen molar-refractivity contribution in [3.05, 3.63) is 89.5 Å². The van der Waals surface area contributed by atoms with Gasteiger partial charge < -0.3 is 19.3 Å². The van der Waals surface area contributed by atoms with Crippen molar-refractivity contribution in [1.29, 1.82) is 0 Å². The highest BCUT2D eigenvalue weighted by Gasteiger charge is 2.47. The second kappa shape index (κ2) is 10.3. The molecule has 1 aliphatic rings. The van der Waals surface area contributed by atoms with Crippen LogP contribution in [-0.4, -0.2) is 37.1 Å². The monoisotopic (exact) mass is 473 g/mol. The van der Waals surface area contributed by atoms with Crippen LogP contribution in [0.5, 0.6) is 17.2 Å². The summed E-state index contributed by atoms with van der Waals surface area (Å²) in [7, 11) is 1.54. The summed E-state index contributed by atoms with van der Waals surface area (Å²) < 4.78 is 16.7. The number of methoxy groups -OCH3 is 1. The van der Waals surface area contributed by atoms with Gasteiger partial charge in [0.05, 0.1) is 37.5 Å². The molecule has 0 spiro atoms. The third-order valence-corrected chi connectivity index (χ3v) is 5.71. The number of ether oxygens (including phenoxy) is 3. The van der Waals surface area contributed by atoms with E-state index >= 15 is 0 Å². The zero-order valence-corrected chi connectivity index (χ0v) is 19.9. The van der Waals surface area contributed by atoms with Gasteiger partial charge in [-0.3, -0.25) is 14.5 Å². The van der Waals surface area contributed by atoms with Crippen LogP contribution in [0.3, 0.4) is 0 Å². The predicted molar refractivity (Wildman–Crippen MR) is 133 cm³/mol. The molecule has 1 aliphatic heterocycles. The second-order valence-electron chi connectivity index (χ2n) is 7.81. The van der Waals surface area contributed by atoms with E-state index in [-0.39, 0.29) is 11.3 Å². The molecule has 1 atom stereocenters. The van der Waals surface area contributed by atoms with Crippen molar-refractivity contribution >= 4 is 23.1 Å². The number of anilines is 1. The molecule has 0 saturated carbocycles. The molecule has 0 radical (unpaired) electrons. The van der Waals surface area contributed by atoms with Gasteiger partial charge in [-0.15, -0.1) is 0 Å². The Morgan fingerprint density at radius 2 is 1.63 bits per heavy atom. The van der Waals surface area contributed by atoms with E-state index in [1.54, 1.807) is 73.8 Å². The van der Waals surface area contributed by atoms with Gasteiger partial charge in [0.1, 0.15) is 23.0 Å². The zero-order valence-electron chi connectivity index (χ0n) is 19.9. The van der Waals surface area contributed by atoms with Crippen molar-refractivity contribution < 1.29 is 28.9 Å². The fraction of sp³-hybridized carbons (Fsp3) is 0.214. The zero-order chi connectivity index (χ0) is 24.9. The Bertz CT molecular complexity index is 1270. The lowest BCUT2D eigenvalue weighted by molar-refractivity contribution is -0.132. The van der Waals surface area contributed by atoms with E-state index in [1.165, 1.54) is 4.90 Å². The van der Waals surface area contributed by atoms with Crippen molar-refractivity contribution in [2.24, 2.45) is 0 Å². The Hall–Kier alpha value is -4.26. The van der Waals surface area contributed by atoms with Crippen LogP contribution in [0.4, 0.5) is 5.69 Å². The van der Waals surface area contributed by atoms with Crippen LogP contribution in [0.1, 0.15) is 31.0 Å². The van der Waals surface area contributed by atoms with Crippen LogP contribution in [-0.2, 0) is 9.59 Å². The topological polar surface area (TPSA) is 85.3 Å². The van der Waals surface area contributed by atoms with Crippen molar-refractivity contribution in [3.63, 3.8) is 0 Å². The highest BCUT2D eigenvalue weighted by atomic mass is 16.5. The van der Waals surface area contributed by atoms with E-state index in [1.807, 2.05) is 19.9 Å². The summed E-state index contributed by atoms with van der Waals surface area (Å²) in [5, 5.41) is 11.5. The fourth-order valence-electron chi connectivity index (χ4n) is 4.19. The molecule has 180 valence electrons. The molecule has 4 rings (SSSR count). The van der Waals surface area contributed by atoms with Gasteiger partial charge in [0.15, 0.2) is 0 Å². The minimum absolute atomic E-state index is 0.0304. The molecule has 35 heavy (non-hydrogen) atoms. The Morgan fingerprint density at radius 1 is 0.886 bits per heavy atom. The number of hydrogen-bond acceptors (Lipinski definition) is 6. The average Bonchev–Trinajstić information content (AvgIpc) is 3.15. The van der Waals surface area contributed by atoms with Crippen molar-refractivity contribution in [3.8, 4) is 17.2 Å². The number of aliphatic hydroxyl groups excluding tert-OH is 1. The number of ketones is 1. The molecule has 1 unspecified atom stereocenters. The third kappa shape index (κ3) is 4.57. The fourth-order valence-corrected chi connectivity index (χ4v) is 4.19.